The third kappa shape index (κ3) is 3.57. The molecule has 1 amide bonds. The first-order valence-corrected chi connectivity index (χ1v) is 9.64. The smallest absolute Gasteiger partial charge is 0.281 e. The highest BCUT2D eigenvalue weighted by atomic mass is 32.1. The Balaban J connectivity index is 1.57. The highest BCUT2D eigenvalue weighted by Gasteiger charge is 2.17. The topological polar surface area (TPSA) is 88.7 Å². The summed E-state index contributed by atoms with van der Waals surface area (Å²) in [4.78, 5) is 14.0. The van der Waals surface area contributed by atoms with Crippen molar-refractivity contribution in [3.8, 4) is 17.2 Å². The van der Waals surface area contributed by atoms with Gasteiger partial charge in [0.05, 0.1) is 29.6 Å². The monoisotopic (exact) mass is 406 g/mol. The van der Waals surface area contributed by atoms with Crippen molar-refractivity contribution in [3.05, 3.63) is 70.7 Å². The number of rotatable bonds is 5. The number of phenols is 1. The number of thiophene rings is 1. The van der Waals surface area contributed by atoms with Crippen LogP contribution in [0.2, 0.25) is 0 Å². The zero-order valence-electron chi connectivity index (χ0n) is 15.8. The molecule has 0 bridgehead atoms. The van der Waals surface area contributed by atoms with Crippen LogP contribution in [0, 0.1) is 6.92 Å². The maximum absolute atomic E-state index is 12.5. The number of amides is 1. The fourth-order valence-electron chi connectivity index (χ4n) is 2.93. The van der Waals surface area contributed by atoms with Crippen molar-refractivity contribution in [2.45, 2.75) is 6.92 Å². The van der Waals surface area contributed by atoms with Crippen molar-refractivity contribution in [2.24, 2.45) is 5.10 Å². The van der Waals surface area contributed by atoms with Crippen LogP contribution >= 0.6 is 11.3 Å². The maximum Gasteiger partial charge on any atom is 0.281 e. The van der Waals surface area contributed by atoms with Gasteiger partial charge in [0.25, 0.3) is 5.91 Å². The Bertz CT molecular complexity index is 1210. The third-order valence-corrected chi connectivity index (χ3v) is 5.50. The molecule has 0 atom stereocenters. The molecule has 2 N–H and O–H groups in total. The van der Waals surface area contributed by atoms with E-state index in [-0.39, 0.29) is 11.7 Å². The highest BCUT2D eigenvalue weighted by Crippen LogP contribution is 2.30. The number of phenolic OH excluding ortho intramolecular Hbond substituents is 1. The van der Waals surface area contributed by atoms with Crippen LogP contribution in [0.15, 0.2) is 59.7 Å². The third-order valence-electron chi connectivity index (χ3n) is 4.39. The Morgan fingerprint density at radius 3 is 2.79 bits per heavy atom. The molecule has 0 fully saturated rings. The lowest BCUT2D eigenvalue weighted by Gasteiger charge is -2.04. The predicted molar refractivity (Wildman–Crippen MR) is 113 cm³/mol. The van der Waals surface area contributed by atoms with Gasteiger partial charge in [-0.2, -0.15) is 10.2 Å². The Kier molecular flexibility index (Phi) is 5.01. The summed E-state index contributed by atoms with van der Waals surface area (Å²) in [6.45, 7) is 1.92. The number of para-hydroxylation sites is 2. The number of carbonyl (C=O) groups is 1. The molecule has 0 aliphatic carbocycles. The van der Waals surface area contributed by atoms with Crippen LogP contribution in [-0.2, 0) is 0 Å². The van der Waals surface area contributed by atoms with Crippen molar-refractivity contribution in [2.75, 3.05) is 7.11 Å². The van der Waals surface area contributed by atoms with Crippen LogP contribution < -0.4 is 10.2 Å². The van der Waals surface area contributed by atoms with E-state index >= 15 is 0 Å². The lowest BCUT2D eigenvalue weighted by molar-refractivity contribution is 0.0959. The van der Waals surface area contributed by atoms with Gasteiger partial charge in [-0.3, -0.25) is 4.79 Å². The molecule has 0 aliphatic heterocycles. The van der Waals surface area contributed by atoms with E-state index in [1.54, 1.807) is 18.2 Å². The van der Waals surface area contributed by atoms with Gasteiger partial charge in [0.15, 0.2) is 11.5 Å². The van der Waals surface area contributed by atoms with Crippen molar-refractivity contribution in [1.29, 1.82) is 0 Å². The predicted octanol–water partition coefficient (Wildman–Crippen LogP) is 3.87. The second-order valence-electron chi connectivity index (χ2n) is 6.26. The minimum atomic E-state index is -0.330. The number of benzene rings is 2. The summed E-state index contributed by atoms with van der Waals surface area (Å²) in [7, 11) is 1.47. The molecule has 4 rings (SSSR count). The van der Waals surface area contributed by atoms with Crippen LogP contribution in [-0.4, -0.2) is 34.1 Å². The molecule has 29 heavy (non-hydrogen) atoms. The van der Waals surface area contributed by atoms with Crippen LogP contribution in [0.4, 0.5) is 0 Å². The van der Waals surface area contributed by atoms with Gasteiger partial charge >= 0.3 is 0 Å². The van der Waals surface area contributed by atoms with Crippen LogP contribution in [0.3, 0.4) is 0 Å². The molecule has 4 aromatic rings. The fourth-order valence-corrected chi connectivity index (χ4v) is 4.00. The van der Waals surface area contributed by atoms with E-state index in [1.807, 2.05) is 48.0 Å². The molecule has 0 aliphatic rings. The van der Waals surface area contributed by atoms with Crippen LogP contribution in [0.25, 0.3) is 15.9 Å². The molecule has 2 aromatic heterocycles. The van der Waals surface area contributed by atoms with Gasteiger partial charge < -0.3 is 9.84 Å². The Hall–Kier alpha value is -3.65. The van der Waals surface area contributed by atoms with Crippen molar-refractivity contribution in [3.63, 3.8) is 0 Å². The van der Waals surface area contributed by atoms with E-state index in [2.05, 4.69) is 15.6 Å². The molecular weight excluding hydrogens is 388 g/mol. The molecular formula is C21H18N4O3S. The lowest BCUT2D eigenvalue weighted by Crippen LogP contribution is -2.16. The summed E-state index contributed by atoms with van der Waals surface area (Å²) in [6.07, 6.45) is 1.38. The average Bonchev–Trinajstić information content (AvgIpc) is 3.30. The molecule has 2 aromatic carbocycles. The van der Waals surface area contributed by atoms with E-state index in [4.69, 9.17) is 4.74 Å². The summed E-state index contributed by atoms with van der Waals surface area (Å²) in [5, 5.41) is 19.5. The number of aromatic hydroxyl groups is 1. The average molecular weight is 406 g/mol. The second-order valence-corrected chi connectivity index (χ2v) is 7.29. The minimum Gasteiger partial charge on any atom is -0.504 e. The summed E-state index contributed by atoms with van der Waals surface area (Å²) in [5.41, 5.74) is 4.73. The van der Waals surface area contributed by atoms with Crippen LogP contribution in [0.1, 0.15) is 20.9 Å². The molecule has 146 valence electrons. The Morgan fingerprint density at radius 2 is 2.03 bits per heavy atom. The first-order valence-electron chi connectivity index (χ1n) is 8.82. The van der Waals surface area contributed by atoms with Gasteiger partial charge in [-0.15, -0.1) is 11.3 Å². The number of hydrazone groups is 1. The Labute approximate surface area is 170 Å². The molecule has 7 nitrogen and oxygen atoms in total. The highest BCUT2D eigenvalue weighted by molar-refractivity contribution is 7.20. The van der Waals surface area contributed by atoms with Gasteiger partial charge in [-0.25, -0.2) is 10.1 Å². The van der Waals surface area contributed by atoms with Crippen molar-refractivity contribution >= 4 is 33.7 Å². The quantitative estimate of drug-likeness (QED) is 0.389. The number of aromatic nitrogens is 2. The van der Waals surface area contributed by atoms with Gasteiger partial charge in [-0.1, -0.05) is 24.3 Å². The number of fused-ring (bicyclic) bond motifs is 1. The van der Waals surface area contributed by atoms with E-state index in [0.29, 0.717) is 16.2 Å². The molecule has 0 spiro atoms. The van der Waals surface area contributed by atoms with E-state index in [0.717, 1.165) is 21.6 Å². The van der Waals surface area contributed by atoms with Crippen LogP contribution in [0.5, 0.6) is 11.5 Å². The first kappa shape index (κ1) is 18.7. The SMILES string of the molecule is COc1cccc(C=NNC(=O)c2cc3c(C)nn(-c4ccccc4)c3s2)c1O. The van der Waals surface area contributed by atoms with E-state index in [1.165, 1.54) is 24.7 Å². The van der Waals surface area contributed by atoms with Gasteiger partial charge in [0, 0.05) is 10.9 Å². The van der Waals surface area contributed by atoms with Crippen molar-refractivity contribution < 1.29 is 14.6 Å². The number of hydrogen-bond acceptors (Lipinski definition) is 6. The van der Waals surface area contributed by atoms with Gasteiger partial charge in [-0.05, 0) is 37.3 Å². The standard InChI is InChI=1S/C21H18N4O3S/c1-13-16-11-18(29-21(16)25(24-13)15-8-4-3-5-9-15)20(27)23-22-12-14-7-6-10-17(28-2)19(14)26/h3-12,26H,1-2H3,(H,23,27). The van der Waals surface area contributed by atoms with Crippen molar-refractivity contribution in [1.82, 2.24) is 15.2 Å². The largest absolute Gasteiger partial charge is 0.504 e. The number of nitrogens with one attached hydrogen (secondary N) is 1. The number of hydrogen-bond donors (Lipinski definition) is 2. The molecule has 0 saturated heterocycles. The second kappa shape index (κ2) is 7.76. The molecule has 0 unspecified atom stereocenters. The molecule has 8 heteroatoms. The lowest BCUT2D eigenvalue weighted by atomic mass is 10.2. The zero-order chi connectivity index (χ0) is 20.4. The summed E-state index contributed by atoms with van der Waals surface area (Å²) >= 11 is 1.35. The molecule has 0 saturated carbocycles. The molecule has 2 heterocycles. The number of aryl methyl sites for hydroxylation is 1. The number of ether oxygens (including phenoxy) is 1. The van der Waals surface area contributed by atoms with E-state index in [9.17, 15) is 9.90 Å². The minimum absolute atomic E-state index is 0.0339. The summed E-state index contributed by atoms with van der Waals surface area (Å²) in [5.74, 6) is -0.0250. The van der Waals surface area contributed by atoms with Gasteiger partial charge in [0.1, 0.15) is 4.83 Å². The first-order chi connectivity index (χ1) is 14.1. The van der Waals surface area contributed by atoms with Gasteiger partial charge in [0.2, 0.25) is 0 Å². The number of carbonyl (C=O) groups excluding carboxylic acids is 1. The normalized spacial score (nSPS) is 11.2. The number of methoxy groups -OCH3 is 1. The Morgan fingerprint density at radius 1 is 1.24 bits per heavy atom. The summed E-state index contributed by atoms with van der Waals surface area (Å²) < 4.78 is 6.90. The maximum atomic E-state index is 12.5. The van der Waals surface area contributed by atoms with E-state index < -0.39 is 0 Å². The zero-order valence-corrected chi connectivity index (χ0v) is 16.6. The fraction of sp³-hybridized carbons (Fsp3) is 0.0952. The summed E-state index contributed by atoms with van der Waals surface area (Å²) in [6, 6.07) is 16.6. The molecule has 0 radical (unpaired) electrons. The number of nitrogens with zero attached hydrogens (tertiary/aromatic N) is 3.